The lowest BCUT2D eigenvalue weighted by molar-refractivity contribution is 0.0996. The molecule has 0 radical (unpaired) electrons. The molecule has 0 bridgehead atoms. The molecular weight excluding hydrogens is 301 g/mol. The number of benzene rings is 2. The molecule has 6 nitrogen and oxygen atoms in total. The summed E-state index contributed by atoms with van der Waals surface area (Å²) in [5.41, 5.74) is 5.90. The summed E-state index contributed by atoms with van der Waals surface area (Å²) < 4.78 is 18.5. The summed E-state index contributed by atoms with van der Waals surface area (Å²) >= 11 is 0. The second-order valence-electron chi connectivity index (χ2n) is 4.72. The minimum Gasteiger partial charge on any atom is -0.497 e. The van der Waals surface area contributed by atoms with Gasteiger partial charge in [-0.05, 0) is 35.9 Å². The molecule has 7 heteroatoms. The van der Waals surface area contributed by atoms with E-state index in [0.717, 1.165) is 11.6 Å². The van der Waals surface area contributed by atoms with E-state index in [-0.39, 0.29) is 17.8 Å². The molecule has 0 fully saturated rings. The fraction of sp³-hybridized carbons (Fsp3) is 0.125. The van der Waals surface area contributed by atoms with Crippen molar-refractivity contribution in [1.29, 1.82) is 0 Å². The van der Waals surface area contributed by atoms with Gasteiger partial charge in [-0.1, -0.05) is 12.1 Å². The zero-order valence-corrected chi connectivity index (χ0v) is 12.4. The molecule has 0 atom stereocenters. The number of nitrogens with two attached hydrogens (primary N) is 1. The third-order valence-corrected chi connectivity index (χ3v) is 3.08. The van der Waals surface area contributed by atoms with E-state index >= 15 is 0 Å². The molecule has 2 rings (SSSR count). The minimum atomic E-state index is -0.900. The number of nitrogens with one attached hydrogen (secondary N) is 2. The number of halogens is 1. The van der Waals surface area contributed by atoms with Crippen molar-refractivity contribution in [1.82, 2.24) is 5.32 Å². The SMILES string of the molecule is COc1cccc(CNC(=O)Nc2ccc(F)c(C(N)=O)c2)c1. The number of methoxy groups -OCH3 is 1. The summed E-state index contributed by atoms with van der Waals surface area (Å²) in [6.45, 7) is 0.285. The molecule has 0 aromatic heterocycles. The number of carbonyl (C=O) groups is 2. The van der Waals surface area contributed by atoms with Gasteiger partial charge in [0.1, 0.15) is 11.6 Å². The standard InChI is InChI=1S/C16H16FN3O3/c1-23-12-4-2-3-10(7-12)9-19-16(22)20-11-5-6-14(17)13(8-11)15(18)21/h2-8H,9H2,1H3,(H2,18,21)(H2,19,20,22). The van der Waals surface area contributed by atoms with Gasteiger partial charge in [0.05, 0.1) is 12.7 Å². The average molecular weight is 317 g/mol. The van der Waals surface area contributed by atoms with Crippen molar-refractivity contribution in [3.8, 4) is 5.75 Å². The fourth-order valence-corrected chi connectivity index (χ4v) is 1.93. The van der Waals surface area contributed by atoms with Crippen molar-refractivity contribution in [3.05, 3.63) is 59.4 Å². The quantitative estimate of drug-likeness (QED) is 0.789. The van der Waals surface area contributed by atoms with Crippen LogP contribution >= 0.6 is 0 Å². The largest absolute Gasteiger partial charge is 0.497 e. The Hall–Kier alpha value is -3.09. The third-order valence-electron chi connectivity index (χ3n) is 3.08. The Morgan fingerprint density at radius 2 is 2.00 bits per heavy atom. The molecule has 0 aliphatic rings. The molecule has 2 aromatic rings. The van der Waals surface area contributed by atoms with E-state index < -0.39 is 17.8 Å². The summed E-state index contributed by atoms with van der Waals surface area (Å²) in [4.78, 5) is 22.9. The first kappa shape index (κ1) is 16.3. The van der Waals surface area contributed by atoms with E-state index in [2.05, 4.69) is 10.6 Å². The summed E-state index contributed by atoms with van der Waals surface area (Å²) in [5, 5.41) is 5.15. The summed E-state index contributed by atoms with van der Waals surface area (Å²) in [6.07, 6.45) is 0. The van der Waals surface area contributed by atoms with E-state index in [9.17, 15) is 14.0 Å². The van der Waals surface area contributed by atoms with Crippen LogP contribution in [-0.2, 0) is 6.54 Å². The smallest absolute Gasteiger partial charge is 0.319 e. The van der Waals surface area contributed by atoms with Crippen LogP contribution in [0.4, 0.5) is 14.9 Å². The van der Waals surface area contributed by atoms with E-state index in [0.29, 0.717) is 5.75 Å². The Morgan fingerprint density at radius 3 is 2.70 bits per heavy atom. The molecule has 23 heavy (non-hydrogen) atoms. The average Bonchev–Trinajstić information content (AvgIpc) is 2.54. The van der Waals surface area contributed by atoms with Gasteiger partial charge < -0.3 is 21.1 Å². The van der Waals surface area contributed by atoms with E-state index in [1.165, 1.54) is 12.1 Å². The van der Waals surface area contributed by atoms with Crippen LogP contribution < -0.4 is 21.1 Å². The Labute approximate surface area is 132 Å². The number of hydrogen-bond donors (Lipinski definition) is 3. The van der Waals surface area contributed by atoms with Gasteiger partial charge in [-0.3, -0.25) is 4.79 Å². The van der Waals surface area contributed by atoms with Crippen LogP contribution in [0.15, 0.2) is 42.5 Å². The maximum absolute atomic E-state index is 13.4. The summed E-state index contributed by atoms with van der Waals surface area (Å²) in [5.74, 6) is -0.947. The molecule has 0 aliphatic heterocycles. The van der Waals surface area contributed by atoms with Crippen molar-refractivity contribution < 1.29 is 18.7 Å². The monoisotopic (exact) mass is 317 g/mol. The van der Waals surface area contributed by atoms with Gasteiger partial charge in [0.2, 0.25) is 0 Å². The first-order valence-electron chi connectivity index (χ1n) is 6.76. The fourth-order valence-electron chi connectivity index (χ4n) is 1.93. The van der Waals surface area contributed by atoms with Crippen molar-refractivity contribution in [2.75, 3.05) is 12.4 Å². The van der Waals surface area contributed by atoms with Crippen molar-refractivity contribution in [2.45, 2.75) is 6.54 Å². The molecule has 0 saturated carbocycles. The molecular formula is C16H16FN3O3. The van der Waals surface area contributed by atoms with Gasteiger partial charge >= 0.3 is 6.03 Å². The first-order valence-corrected chi connectivity index (χ1v) is 6.76. The van der Waals surface area contributed by atoms with Crippen LogP contribution in [0, 0.1) is 5.82 Å². The van der Waals surface area contributed by atoms with Crippen LogP contribution in [-0.4, -0.2) is 19.0 Å². The highest BCUT2D eigenvalue weighted by Gasteiger charge is 2.10. The highest BCUT2D eigenvalue weighted by Crippen LogP contribution is 2.15. The Kier molecular flexibility index (Phi) is 5.14. The Morgan fingerprint density at radius 1 is 1.22 bits per heavy atom. The molecule has 0 saturated heterocycles. The van der Waals surface area contributed by atoms with Crippen LogP contribution in [0.1, 0.15) is 15.9 Å². The van der Waals surface area contributed by atoms with Crippen molar-refractivity contribution in [3.63, 3.8) is 0 Å². The number of carbonyl (C=O) groups excluding carboxylic acids is 2. The molecule has 0 heterocycles. The van der Waals surface area contributed by atoms with E-state index in [1.54, 1.807) is 19.2 Å². The number of ether oxygens (including phenoxy) is 1. The molecule has 0 unspecified atom stereocenters. The van der Waals surface area contributed by atoms with Crippen LogP contribution in [0.2, 0.25) is 0 Å². The topological polar surface area (TPSA) is 93.4 Å². The summed E-state index contributed by atoms with van der Waals surface area (Å²) in [6, 6.07) is 10.3. The molecule has 0 aliphatic carbocycles. The number of primary amides is 1. The molecule has 120 valence electrons. The number of rotatable bonds is 5. The van der Waals surface area contributed by atoms with Crippen LogP contribution in [0.3, 0.4) is 0 Å². The Balaban J connectivity index is 1.97. The third kappa shape index (κ3) is 4.44. The van der Waals surface area contributed by atoms with Gasteiger partial charge in [0.15, 0.2) is 0 Å². The van der Waals surface area contributed by atoms with Gasteiger partial charge in [-0.15, -0.1) is 0 Å². The molecule has 3 amide bonds. The van der Waals surface area contributed by atoms with Crippen molar-refractivity contribution >= 4 is 17.6 Å². The summed E-state index contributed by atoms with van der Waals surface area (Å²) in [7, 11) is 1.56. The second-order valence-corrected chi connectivity index (χ2v) is 4.72. The van der Waals surface area contributed by atoms with Crippen LogP contribution in [0.5, 0.6) is 5.75 Å². The lowest BCUT2D eigenvalue weighted by Crippen LogP contribution is -2.28. The molecule has 2 aromatic carbocycles. The van der Waals surface area contributed by atoms with Gasteiger partial charge in [-0.25, -0.2) is 9.18 Å². The van der Waals surface area contributed by atoms with Crippen molar-refractivity contribution in [2.24, 2.45) is 5.73 Å². The van der Waals surface area contributed by atoms with Gasteiger partial charge in [-0.2, -0.15) is 0 Å². The number of urea groups is 1. The highest BCUT2D eigenvalue weighted by atomic mass is 19.1. The predicted octanol–water partition coefficient (Wildman–Crippen LogP) is 2.25. The number of anilines is 1. The van der Waals surface area contributed by atoms with Gasteiger partial charge in [0, 0.05) is 12.2 Å². The predicted molar refractivity (Wildman–Crippen MR) is 83.8 cm³/mol. The molecule has 0 spiro atoms. The zero-order valence-electron chi connectivity index (χ0n) is 12.4. The van der Waals surface area contributed by atoms with Crippen LogP contribution in [0.25, 0.3) is 0 Å². The number of hydrogen-bond acceptors (Lipinski definition) is 3. The van der Waals surface area contributed by atoms with Gasteiger partial charge in [0.25, 0.3) is 5.91 Å². The number of amides is 3. The van der Waals surface area contributed by atoms with E-state index in [1.807, 2.05) is 12.1 Å². The maximum atomic E-state index is 13.4. The normalized spacial score (nSPS) is 10.0. The highest BCUT2D eigenvalue weighted by molar-refractivity contribution is 5.96. The zero-order chi connectivity index (χ0) is 16.8. The van der Waals surface area contributed by atoms with E-state index in [4.69, 9.17) is 10.5 Å². The lowest BCUT2D eigenvalue weighted by Gasteiger charge is -2.09. The minimum absolute atomic E-state index is 0.267. The second kappa shape index (κ2) is 7.26. The Bertz CT molecular complexity index is 734. The maximum Gasteiger partial charge on any atom is 0.319 e. The molecule has 4 N–H and O–H groups in total. The lowest BCUT2D eigenvalue weighted by atomic mass is 10.2. The first-order chi connectivity index (χ1) is 11.0.